The Hall–Kier alpha value is -2.16. The quantitative estimate of drug-likeness (QED) is 0.805. The Morgan fingerprint density at radius 1 is 1.29 bits per heavy atom. The minimum Gasteiger partial charge on any atom is -0.321 e. The number of carbonyl (C=O) groups is 1. The van der Waals surface area contributed by atoms with Gasteiger partial charge in [-0.25, -0.2) is 0 Å². The predicted molar refractivity (Wildman–Crippen MR) is 69.4 cm³/mol. The van der Waals surface area contributed by atoms with Gasteiger partial charge in [-0.3, -0.25) is 9.78 Å². The number of carbonyl (C=O) groups excluding carboxylic acids is 1. The van der Waals surface area contributed by atoms with E-state index < -0.39 is 0 Å². The molecule has 1 rings (SSSR count). The van der Waals surface area contributed by atoms with E-state index in [0.29, 0.717) is 5.69 Å². The molecule has 0 radical (unpaired) electrons. The Morgan fingerprint density at radius 3 is 2.71 bits per heavy atom. The molecule has 1 N–H and O–H groups in total. The monoisotopic (exact) mass is 228 g/mol. The van der Waals surface area contributed by atoms with Crippen molar-refractivity contribution >= 4 is 5.91 Å². The molecule has 0 aliphatic rings. The highest BCUT2D eigenvalue weighted by Crippen LogP contribution is 1.98. The molecule has 88 valence electrons. The first-order chi connectivity index (χ1) is 8.27. The summed E-state index contributed by atoms with van der Waals surface area (Å²) in [6.45, 7) is 3.82. The second kappa shape index (κ2) is 7.17. The maximum absolute atomic E-state index is 11.8. The SMILES string of the molecule is C\C=C/C(=C\C=C\C)NC(=O)c1ccccn1. The highest BCUT2D eigenvalue weighted by molar-refractivity contribution is 5.93. The summed E-state index contributed by atoms with van der Waals surface area (Å²) in [7, 11) is 0. The summed E-state index contributed by atoms with van der Waals surface area (Å²) < 4.78 is 0. The third kappa shape index (κ3) is 4.47. The number of hydrogen-bond donors (Lipinski definition) is 1. The summed E-state index contributed by atoms with van der Waals surface area (Å²) in [6, 6.07) is 5.24. The Labute approximate surface area is 102 Å². The van der Waals surface area contributed by atoms with Crippen LogP contribution in [0.4, 0.5) is 0 Å². The van der Waals surface area contributed by atoms with Gasteiger partial charge in [-0.05, 0) is 38.1 Å². The van der Waals surface area contributed by atoms with Crippen LogP contribution in [0.2, 0.25) is 0 Å². The van der Waals surface area contributed by atoms with Gasteiger partial charge in [0.2, 0.25) is 0 Å². The van der Waals surface area contributed by atoms with Gasteiger partial charge in [0.05, 0.1) is 0 Å². The molecular weight excluding hydrogens is 212 g/mol. The molecular formula is C14H16N2O. The van der Waals surface area contributed by atoms with Crippen LogP contribution < -0.4 is 5.32 Å². The fourth-order valence-electron chi connectivity index (χ4n) is 1.21. The first kappa shape index (κ1) is 12.9. The molecule has 1 aromatic rings. The number of aromatic nitrogens is 1. The van der Waals surface area contributed by atoms with Crippen LogP contribution in [0.25, 0.3) is 0 Å². The van der Waals surface area contributed by atoms with Crippen molar-refractivity contribution in [2.24, 2.45) is 0 Å². The van der Waals surface area contributed by atoms with Crippen molar-refractivity contribution in [3.8, 4) is 0 Å². The number of amides is 1. The van der Waals surface area contributed by atoms with Gasteiger partial charge in [-0.2, -0.15) is 0 Å². The van der Waals surface area contributed by atoms with Crippen molar-refractivity contribution in [1.29, 1.82) is 0 Å². The highest BCUT2D eigenvalue weighted by atomic mass is 16.1. The second-order valence-electron chi connectivity index (χ2n) is 3.32. The van der Waals surface area contributed by atoms with E-state index in [0.717, 1.165) is 5.70 Å². The van der Waals surface area contributed by atoms with E-state index in [9.17, 15) is 4.79 Å². The fraction of sp³-hybridized carbons (Fsp3) is 0.143. The second-order valence-corrected chi connectivity index (χ2v) is 3.32. The Kier molecular flexibility index (Phi) is 5.44. The zero-order valence-electron chi connectivity index (χ0n) is 10.1. The lowest BCUT2D eigenvalue weighted by molar-refractivity contribution is 0.0962. The van der Waals surface area contributed by atoms with E-state index in [1.165, 1.54) is 0 Å². The molecule has 0 spiro atoms. The van der Waals surface area contributed by atoms with E-state index >= 15 is 0 Å². The molecule has 0 saturated heterocycles. The molecule has 1 aromatic heterocycles. The van der Waals surface area contributed by atoms with Crippen LogP contribution in [0.3, 0.4) is 0 Å². The predicted octanol–water partition coefficient (Wildman–Crippen LogP) is 2.85. The first-order valence-corrected chi connectivity index (χ1v) is 5.46. The van der Waals surface area contributed by atoms with Gasteiger partial charge in [-0.1, -0.05) is 24.3 Å². The minimum atomic E-state index is -0.209. The molecule has 0 aliphatic heterocycles. The minimum absolute atomic E-state index is 0.209. The first-order valence-electron chi connectivity index (χ1n) is 5.46. The highest BCUT2D eigenvalue weighted by Gasteiger charge is 2.05. The molecule has 17 heavy (non-hydrogen) atoms. The van der Waals surface area contributed by atoms with E-state index in [1.807, 2.05) is 44.2 Å². The van der Waals surface area contributed by atoms with Crippen molar-refractivity contribution in [2.45, 2.75) is 13.8 Å². The topological polar surface area (TPSA) is 42.0 Å². The average Bonchev–Trinajstić information content (AvgIpc) is 2.37. The zero-order chi connectivity index (χ0) is 12.5. The fourth-order valence-corrected chi connectivity index (χ4v) is 1.21. The average molecular weight is 228 g/mol. The van der Waals surface area contributed by atoms with E-state index in [1.54, 1.807) is 24.4 Å². The van der Waals surface area contributed by atoms with Gasteiger partial charge in [0.15, 0.2) is 0 Å². The molecule has 0 unspecified atom stereocenters. The van der Waals surface area contributed by atoms with Gasteiger partial charge in [-0.15, -0.1) is 0 Å². The van der Waals surface area contributed by atoms with Crippen molar-refractivity contribution in [1.82, 2.24) is 10.3 Å². The molecule has 0 bridgehead atoms. The summed E-state index contributed by atoms with van der Waals surface area (Å²) in [4.78, 5) is 15.8. The van der Waals surface area contributed by atoms with E-state index in [2.05, 4.69) is 10.3 Å². The van der Waals surface area contributed by atoms with E-state index in [-0.39, 0.29) is 5.91 Å². The van der Waals surface area contributed by atoms with Gasteiger partial charge in [0, 0.05) is 11.9 Å². The lowest BCUT2D eigenvalue weighted by Crippen LogP contribution is -2.22. The van der Waals surface area contributed by atoms with Crippen molar-refractivity contribution in [3.05, 3.63) is 66.2 Å². The molecule has 0 aliphatic carbocycles. The van der Waals surface area contributed by atoms with Crippen LogP contribution in [0.1, 0.15) is 24.3 Å². The normalized spacial score (nSPS) is 12.2. The third-order valence-electron chi connectivity index (χ3n) is 1.97. The molecule has 3 heteroatoms. The van der Waals surface area contributed by atoms with Crippen LogP contribution in [0, 0.1) is 0 Å². The van der Waals surface area contributed by atoms with Crippen molar-refractivity contribution in [3.63, 3.8) is 0 Å². The Morgan fingerprint density at radius 2 is 2.12 bits per heavy atom. The molecule has 1 heterocycles. The van der Waals surface area contributed by atoms with Crippen LogP contribution in [0.15, 0.2) is 60.5 Å². The number of nitrogens with zero attached hydrogens (tertiary/aromatic N) is 1. The van der Waals surface area contributed by atoms with Gasteiger partial charge in [0.1, 0.15) is 5.69 Å². The van der Waals surface area contributed by atoms with Gasteiger partial charge < -0.3 is 5.32 Å². The molecule has 0 fully saturated rings. The molecule has 0 atom stereocenters. The summed E-state index contributed by atoms with van der Waals surface area (Å²) in [5.41, 5.74) is 1.14. The van der Waals surface area contributed by atoms with Crippen LogP contribution >= 0.6 is 0 Å². The number of rotatable bonds is 4. The molecule has 1 amide bonds. The largest absolute Gasteiger partial charge is 0.321 e. The molecule has 3 nitrogen and oxygen atoms in total. The Bertz CT molecular complexity index is 445. The summed E-state index contributed by atoms with van der Waals surface area (Å²) in [5, 5.41) is 2.79. The third-order valence-corrected chi connectivity index (χ3v) is 1.97. The smallest absolute Gasteiger partial charge is 0.274 e. The summed E-state index contributed by atoms with van der Waals surface area (Å²) >= 11 is 0. The summed E-state index contributed by atoms with van der Waals surface area (Å²) in [5.74, 6) is -0.209. The lowest BCUT2D eigenvalue weighted by atomic mass is 10.3. The van der Waals surface area contributed by atoms with Crippen LogP contribution in [-0.4, -0.2) is 10.9 Å². The zero-order valence-corrected chi connectivity index (χ0v) is 10.1. The van der Waals surface area contributed by atoms with Crippen molar-refractivity contribution in [2.75, 3.05) is 0 Å². The van der Waals surface area contributed by atoms with Crippen molar-refractivity contribution < 1.29 is 4.79 Å². The standard InChI is InChI=1S/C14H16N2O/c1-3-5-9-12(8-4-2)16-14(17)13-10-6-7-11-15-13/h3-11H,1-2H3,(H,16,17)/b5-3+,8-4-,12-9+. The Balaban J connectivity index is 2.78. The van der Waals surface area contributed by atoms with Gasteiger partial charge in [0.25, 0.3) is 5.91 Å². The number of allylic oxidation sites excluding steroid dienone is 5. The number of nitrogens with one attached hydrogen (secondary N) is 1. The van der Waals surface area contributed by atoms with Crippen LogP contribution in [0.5, 0.6) is 0 Å². The van der Waals surface area contributed by atoms with Crippen LogP contribution in [-0.2, 0) is 0 Å². The molecule has 0 saturated carbocycles. The number of pyridine rings is 1. The number of hydrogen-bond acceptors (Lipinski definition) is 2. The summed E-state index contributed by atoms with van der Waals surface area (Å²) in [6.07, 6.45) is 10.9. The maximum Gasteiger partial charge on any atom is 0.274 e. The van der Waals surface area contributed by atoms with E-state index in [4.69, 9.17) is 0 Å². The van der Waals surface area contributed by atoms with Gasteiger partial charge >= 0.3 is 0 Å². The lowest BCUT2D eigenvalue weighted by Gasteiger charge is -2.04. The maximum atomic E-state index is 11.8. The molecule has 0 aromatic carbocycles.